The van der Waals surface area contributed by atoms with Crippen LogP contribution in [0, 0.1) is 5.92 Å². The van der Waals surface area contributed by atoms with Gasteiger partial charge in [0.15, 0.2) is 0 Å². The molecule has 27 heavy (non-hydrogen) atoms. The lowest BCUT2D eigenvalue weighted by Crippen LogP contribution is -2.36. The lowest BCUT2D eigenvalue weighted by molar-refractivity contribution is 0.0739. The fourth-order valence-corrected chi connectivity index (χ4v) is 4.92. The van der Waals surface area contributed by atoms with Gasteiger partial charge in [-0.1, -0.05) is 30.3 Å². The van der Waals surface area contributed by atoms with E-state index in [1.807, 2.05) is 13.0 Å². The zero-order chi connectivity index (χ0) is 19.6. The molecule has 6 nitrogen and oxygen atoms in total. The second kappa shape index (κ2) is 7.70. The second-order valence-electron chi connectivity index (χ2n) is 6.95. The molecule has 0 bridgehead atoms. The zero-order valence-electron chi connectivity index (χ0n) is 15.6. The van der Waals surface area contributed by atoms with Gasteiger partial charge in [-0.3, -0.25) is 9.10 Å². The molecule has 1 heterocycles. The van der Waals surface area contributed by atoms with Crippen LogP contribution in [0.5, 0.6) is 0 Å². The van der Waals surface area contributed by atoms with Crippen LogP contribution in [0.3, 0.4) is 0 Å². The topological polar surface area (TPSA) is 83.7 Å². The molecule has 2 atom stereocenters. The smallest absolute Gasteiger partial charge is 0.264 e. The highest BCUT2D eigenvalue weighted by Crippen LogP contribution is 2.29. The molecule has 0 saturated carbocycles. The molecule has 0 radical (unpaired) electrons. The van der Waals surface area contributed by atoms with E-state index in [0.717, 1.165) is 6.42 Å². The van der Waals surface area contributed by atoms with Crippen molar-refractivity contribution in [2.24, 2.45) is 11.7 Å². The summed E-state index contributed by atoms with van der Waals surface area (Å²) >= 11 is 0. The third kappa shape index (κ3) is 3.70. The number of nitrogens with zero attached hydrogens (tertiary/aromatic N) is 2. The third-order valence-corrected chi connectivity index (χ3v) is 6.98. The number of hydrogen-bond donors (Lipinski definition) is 1. The monoisotopic (exact) mass is 387 g/mol. The van der Waals surface area contributed by atoms with Crippen molar-refractivity contribution in [3.63, 3.8) is 0 Å². The number of rotatable bonds is 5. The van der Waals surface area contributed by atoms with E-state index in [-0.39, 0.29) is 28.3 Å². The minimum Gasteiger partial charge on any atom is -0.336 e. The zero-order valence-corrected chi connectivity index (χ0v) is 16.4. The van der Waals surface area contributed by atoms with Crippen molar-refractivity contribution in [2.45, 2.75) is 24.3 Å². The van der Waals surface area contributed by atoms with Crippen LogP contribution in [0.15, 0.2) is 59.5 Å². The first kappa shape index (κ1) is 19.4. The van der Waals surface area contributed by atoms with Gasteiger partial charge in [0.2, 0.25) is 0 Å². The average molecular weight is 388 g/mol. The summed E-state index contributed by atoms with van der Waals surface area (Å²) in [5.74, 6) is -0.0150. The average Bonchev–Trinajstić information content (AvgIpc) is 3.08. The van der Waals surface area contributed by atoms with E-state index in [1.165, 1.54) is 17.4 Å². The Hall–Kier alpha value is -2.38. The molecule has 0 spiro atoms. The first-order chi connectivity index (χ1) is 12.9. The van der Waals surface area contributed by atoms with Crippen LogP contribution in [-0.4, -0.2) is 45.4 Å². The number of carbonyl (C=O) groups is 1. The van der Waals surface area contributed by atoms with Crippen LogP contribution in [0.1, 0.15) is 23.7 Å². The standard InChI is InChI=1S/C20H25N3O3S/c1-15-12-16(13-21)14-23(15)20(24)18-10-6-7-11-19(18)27(25,26)22(2)17-8-4-3-5-9-17/h3-11,15-16H,12-14,21H2,1-2H3. The molecule has 2 unspecified atom stereocenters. The molecule has 1 aliphatic heterocycles. The van der Waals surface area contributed by atoms with E-state index in [2.05, 4.69) is 0 Å². The maximum absolute atomic E-state index is 13.2. The lowest BCUT2D eigenvalue weighted by atomic mass is 10.1. The van der Waals surface area contributed by atoms with Crippen molar-refractivity contribution in [1.82, 2.24) is 4.90 Å². The minimum atomic E-state index is -3.87. The van der Waals surface area contributed by atoms with Crippen LogP contribution in [0.4, 0.5) is 5.69 Å². The second-order valence-corrected chi connectivity index (χ2v) is 8.89. The first-order valence-corrected chi connectivity index (χ1v) is 10.4. The molecule has 3 rings (SSSR count). The van der Waals surface area contributed by atoms with E-state index < -0.39 is 10.0 Å². The molecule has 1 aliphatic rings. The Morgan fingerprint density at radius 3 is 2.41 bits per heavy atom. The number of hydrogen-bond acceptors (Lipinski definition) is 4. The fraction of sp³-hybridized carbons (Fsp3) is 0.350. The summed E-state index contributed by atoms with van der Waals surface area (Å²) in [6.45, 7) is 3.05. The Labute approximate surface area is 160 Å². The van der Waals surface area contributed by atoms with Gasteiger partial charge in [0.1, 0.15) is 4.90 Å². The summed E-state index contributed by atoms with van der Waals surface area (Å²) in [4.78, 5) is 14.9. The molecule has 7 heteroatoms. The first-order valence-electron chi connectivity index (χ1n) is 9.00. The van der Waals surface area contributed by atoms with Gasteiger partial charge in [0.25, 0.3) is 15.9 Å². The Balaban J connectivity index is 1.98. The highest BCUT2D eigenvalue weighted by Gasteiger charge is 2.35. The minimum absolute atomic E-state index is 0.0183. The number of carbonyl (C=O) groups excluding carboxylic acids is 1. The SMILES string of the molecule is CC1CC(CN)CN1C(=O)c1ccccc1S(=O)(=O)N(C)c1ccccc1. The van der Waals surface area contributed by atoms with Crippen molar-refractivity contribution in [1.29, 1.82) is 0 Å². The normalized spacial score (nSPS) is 19.9. The Bertz CT molecular complexity index is 915. The number of likely N-dealkylation sites (tertiary alicyclic amines) is 1. The molecule has 0 aromatic heterocycles. The predicted octanol–water partition coefficient (Wildman–Crippen LogP) is 2.32. The summed E-state index contributed by atoms with van der Waals surface area (Å²) in [5.41, 5.74) is 6.50. The fourth-order valence-electron chi connectivity index (χ4n) is 3.54. The van der Waals surface area contributed by atoms with Crippen LogP contribution < -0.4 is 10.0 Å². The van der Waals surface area contributed by atoms with Crippen LogP contribution in [0.25, 0.3) is 0 Å². The summed E-state index contributed by atoms with van der Waals surface area (Å²) in [7, 11) is -2.38. The van der Waals surface area contributed by atoms with Crippen molar-refractivity contribution < 1.29 is 13.2 Å². The number of sulfonamides is 1. The van der Waals surface area contributed by atoms with E-state index in [1.54, 1.807) is 47.4 Å². The summed E-state index contributed by atoms with van der Waals surface area (Å²) in [6.07, 6.45) is 0.834. The van der Waals surface area contributed by atoms with Gasteiger partial charge in [0, 0.05) is 19.6 Å². The highest BCUT2D eigenvalue weighted by molar-refractivity contribution is 7.92. The molecular formula is C20H25N3O3S. The number of anilines is 1. The Morgan fingerprint density at radius 2 is 1.78 bits per heavy atom. The van der Waals surface area contributed by atoms with Crippen molar-refractivity contribution in [3.05, 3.63) is 60.2 Å². The Morgan fingerprint density at radius 1 is 1.15 bits per heavy atom. The van der Waals surface area contributed by atoms with Crippen LogP contribution >= 0.6 is 0 Å². The van der Waals surface area contributed by atoms with Gasteiger partial charge in [0.05, 0.1) is 11.3 Å². The lowest BCUT2D eigenvalue weighted by Gasteiger charge is -2.25. The summed E-state index contributed by atoms with van der Waals surface area (Å²) < 4.78 is 27.6. The molecule has 1 amide bonds. The van der Waals surface area contributed by atoms with Crippen molar-refractivity contribution in [2.75, 3.05) is 24.4 Å². The van der Waals surface area contributed by atoms with E-state index in [9.17, 15) is 13.2 Å². The largest absolute Gasteiger partial charge is 0.336 e. The summed E-state index contributed by atoms with van der Waals surface area (Å²) in [6, 6.07) is 15.2. The third-order valence-electron chi connectivity index (χ3n) is 5.13. The molecular weight excluding hydrogens is 362 g/mol. The van der Waals surface area contributed by atoms with Crippen LogP contribution in [-0.2, 0) is 10.0 Å². The Kier molecular flexibility index (Phi) is 5.53. The highest BCUT2D eigenvalue weighted by atomic mass is 32.2. The molecule has 2 aromatic carbocycles. The van der Waals surface area contributed by atoms with Crippen LogP contribution in [0.2, 0.25) is 0 Å². The molecule has 1 saturated heterocycles. The number of para-hydroxylation sites is 1. The maximum Gasteiger partial charge on any atom is 0.264 e. The van der Waals surface area contributed by atoms with Gasteiger partial charge in [-0.2, -0.15) is 0 Å². The summed E-state index contributed by atoms with van der Waals surface area (Å²) in [5, 5.41) is 0. The number of benzene rings is 2. The van der Waals surface area contributed by atoms with E-state index in [0.29, 0.717) is 18.8 Å². The molecule has 0 aliphatic carbocycles. The predicted molar refractivity (Wildman–Crippen MR) is 106 cm³/mol. The molecule has 2 aromatic rings. The van der Waals surface area contributed by atoms with Gasteiger partial charge >= 0.3 is 0 Å². The van der Waals surface area contributed by atoms with Crippen molar-refractivity contribution >= 4 is 21.6 Å². The maximum atomic E-state index is 13.2. The molecule has 2 N–H and O–H groups in total. The van der Waals surface area contributed by atoms with Gasteiger partial charge < -0.3 is 10.6 Å². The van der Waals surface area contributed by atoms with Gasteiger partial charge in [-0.25, -0.2) is 8.42 Å². The number of amides is 1. The molecule has 144 valence electrons. The van der Waals surface area contributed by atoms with E-state index in [4.69, 9.17) is 5.73 Å². The number of nitrogens with two attached hydrogens (primary N) is 1. The van der Waals surface area contributed by atoms with E-state index >= 15 is 0 Å². The van der Waals surface area contributed by atoms with Gasteiger partial charge in [-0.05, 0) is 50.1 Å². The van der Waals surface area contributed by atoms with Crippen molar-refractivity contribution in [3.8, 4) is 0 Å². The van der Waals surface area contributed by atoms with Gasteiger partial charge in [-0.15, -0.1) is 0 Å². The molecule has 1 fully saturated rings. The quantitative estimate of drug-likeness (QED) is 0.853.